The maximum absolute atomic E-state index is 12.2. The van der Waals surface area contributed by atoms with Crippen molar-refractivity contribution in [1.82, 2.24) is 4.90 Å². The summed E-state index contributed by atoms with van der Waals surface area (Å²) in [6.07, 6.45) is -0.618. The average Bonchev–Trinajstić information content (AvgIpc) is 2.48. The molecule has 2 aliphatic heterocycles. The van der Waals surface area contributed by atoms with Gasteiger partial charge in [0.2, 0.25) is 0 Å². The van der Waals surface area contributed by atoms with Gasteiger partial charge in [-0.3, -0.25) is 4.90 Å². The standard InChI is InChI=1S/C15H18N2O4/c1-10-8-16(14(18)19)7-6-12(10)17-13-5-3-2-4-11(13)9-21-15(17)20/h2-5,10,12H,6-9H2,1H3,(H,18,19). The highest BCUT2D eigenvalue weighted by Gasteiger charge is 2.38. The number of carboxylic acid groups (broad SMARTS) is 1. The number of carbonyl (C=O) groups excluding carboxylic acids is 1. The second-order valence-corrected chi connectivity index (χ2v) is 5.62. The molecule has 6 heteroatoms. The van der Waals surface area contributed by atoms with Crippen molar-refractivity contribution in [3.8, 4) is 0 Å². The van der Waals surface area contributed by atoms with Gasteiger partial charge in [-0.25, -0.2) is 9.59 Å². The van der Waals surface area contributed by atoms with Crippen LogP contribution in [0.15, 0.2) is 24.3 Å². The van der Waals surface area contributed by atoms with Crippen LogP contribution in [0, 0.1) is 5.92 Å². The molecule has 0 radical (unpaired) electrons. The molecular weight excluding hydrogens is 272 g/mol. The van der Waals surface area contributed by atoms with Crippen LogP contribution in [0.1, 0.15) is 18.9 Å². The molecule has 112 valence electrons. The Bertz CT molecular complexity index is 575. The first-order valence-electron chi connectivity index (χ1n) is 7.09. The molecule has 2 aliphatic rings. The molecule has 1 N–H and O–H groups in total. The van der Waals surface area contributed by atoms with Crippen molar-refractivity contribution in [2.45, 2.75) is 26.0 Å². The third-order valence-electron chi connectivity index (χ3n) is 4.26. The summed E-state index contributed by atoms with van der Waals surface area (Å²) in [6, 6.07) is 7.67. The van der Waals surface area contributed by atoms with E-state index in [4.69, 9.17) is 9.84 Å². The summed E-state index contributed by atoms with van der Waals surface area (Å²) in [7, 11) is 0. The zero-order chi connectivity index (χ0) is 15.0. The Morgan fingerprint density at radius 3 is 2.86 bits per heavy atom. The van der Waals surface area contributed by atoms with E-state index < -0.39 is 6.09 Å². The van der Waals surface area contributed by atoms with Gasteiger partial charge >= 0.3 is 12.2 Å². The van der Waals surface area contributed by atoms with Gasteiger partial charge in [0.05, 0.1) is 5.69 Å². The molecule has 1 fully saturated rings. The van der Waals surface area contributed by atoms with Gasteiger partial charge in [-0.1, -0.05) is 25.1 Å². The van der Waals surface area contributed by atoms with Crippen LogP contribution in [0.2, 0.25) is 0 Å². The number of rotatable bonds is 1. The lowest BCUT2D eigenvalue weighted by Gasteiger charge is -2.43. The predicted octanol–water partition coefficient (Wildman–Crippen LogP) is 2.53. The molecule has 1 aromatic carbocycles. The molecular formula is C15H18N2O4. The molecule has 2 amide bonds. The monoisotopic (exact) mass is 290 g/mol. The molecule has 2 heterocycles. The maximum atomic E-state index is 12.2. The highest BCUT2D eigenvalue weighted by Crippen LogP contribution is 2.33. The SMILES string of the molecule is CC1CN(C(=O)O)CCC1N1C(=O)OCc2ccccc21. The van der Waals surface area contributed by atoms with Gasteiger partial charge in [0.15, 0.2) is 0 Å². The first-order chi connectivity index (χ1) is 10.1. The number of piperidine rings is 1. The quantitative estimate of drug-likeness (QED) is 0.863. The Hall–Kier alpha value is -2.24. The van der Waals surface area contributed by atoms with E-state index in [2.05, 4.69) is 0 Å². The maximum Gasteiger partial charge on any atom is 0.414 e. The van der Waals surface area contributed by atoms with Crippen molar-refractivity contribution in [3.05, 3.63) is 29.8 Å². The number of anilines is 1. The number of para-hydroxylation sites is 1. The molecule has 0 aromatic heterocycles. The van der Waals surface area contributed by atoms with Crippen molar-refractivity contribution in [1.29, 1.82) is 0 Å². The lowest BCUT2D eigenvalue weighted by atomic mass is 9.91. The van der Waals surface area contributed by atoms with E-state index in [9.17, 15) is 9.59 Å². The van der Waals surface area contributed by atoms with E-state index in [0.29, 0.717) is 26.1 Å². The van der Waals surface area contributed by atoms with Crippen molar-refractivity contribution in [2.24, 2.45) is 5.92 Å². The molecule has 0 aliphatic carbocycles. The van der Waals surface area contributed by atoms with Crippen LogP contribution in [0.3, 0.4) is 0 Å². The number of nitrogens with zero attached hydrogens (tertiary/aromatic N) is 2. The van der Waals surface area contributed by atoms with E-state index in [1.165, 1.54) is 4.90 Å². The minimum atomic E-state index is -0.901. The topological polar surface area (TPSA) is 70.1 Å². The fourth-order valence-corrected chi connectivity index (χ4v) is 3.18. The molecule has 2 atom stereocenters. The smallest absolute Gasteiger partial charge is 0.414 e. The van der Waals surface area contributed by atoms with Gasteiger partial charge in [0, 0.05) is 24.7 Å². The van der Waals surface area contributed by atoms with Crippen LogP contribution < -0.4 is 4.90 Å². The van der Waals surface area contributed by atoms with Crippen LogP contribution in [-0.2, 0) is 11.3 Å². The molecule has 2 unspecified atom stereocenters. The Labute approximate surface area is 122 Å². The second-order valence-electron chi connectivity index (χ2n) is 5.62. The summed E-state index contributed by atoms with van der Waals surface area (Å²) >= 11 is 0. The molecule has 21 heavy (non-hydrogen) atoms. The molecule has 3 rings (SSSR count). The van der Waals surface area contributed by atoms with E-state index >= 15 is 0 Å². The van der Waals surface area contributed by atoms with Crippen molar-refractivity contribution < 1.29 is 19.4 Å². The van der Waals surface area contributed by atoms with E-state index in [1.807, 2.05) is 31.2 Å². The number of carbonyl (C=O) groups is 2. The lowest BCUT2D eigenvalue weighted by Crippen LogP contribution is -2.54. The Balaban J connectivity index is 1.87. The molecule has 1 saturated heterocycles. The van der Waals surface area contributed by atoms with E-state index in [-0.39, 0.29) is 18.1 Å². The number of amides is 2. The summed E-state index contributed by atoms with van der Waals surface area (Å²) in [5, 5.41) is 9.08. The van der Waals surface area contributed by atoms with Crippen molar-refractivity contribution >= 4 is 17.9 Å². The molecule has 0 bridgehead atoms. The number of fused-ring (bicyclic) bond motifs is 1. The minimum Gasteiger partial charge on any atom is -0.465 e. The summed E-state index contributed by atoms with van der Waals surface area (Å²) in [4.78, 5) is 26.4. The summed E-state index contributed by atoms with van der Waals surface area (Å²) in [5.74, 6) is 0.0635. The fourth-order valence-electron chi connectivity index (χ4n) is 3.18. The lowest BCUT2D eigenvalue weighted by molar-refractivity contribution is 0.106. The van der Waals surface area contributed by atoms with Gasteiger partial charge < -0.3 is 14.7 Å². The number of hydrogen-bond acceptors (Lipinski definition) is 3. The predicted molar refractivity (Wildman–Crippen MR) is 76.3 cm³/mol. The largest absolute Gasteiger partial charge is 0.465 e. The Morgan fingerprint density at radius 1 is 1.38 bits per heavy atom. The number of ether oxygens (including phenoxy) is 1. The minimum absolute atomic E-state index is 0.0328. The number of cyclic esters (lactones) is 1. The fraction of sp³-hybridized carbons (Fsp3) is 0.467. The van der Waals surface area contributed by atoms with Crippen molar-refractivity contribution in [3.63, 3.8) is 0 Å². The number of hydrogen-bond donors (Lipinski definition) is 1. The van der Waals surface area contributed by atoms with Crippen LogP contribution in [0.5, 0.6) is 0 Å². The van der Waals surface area contributed by atoms with E-state index in [0.717, 1.165) is 11.3 Å². The zero-order valence-corrected chi connectivity index (χ0v) is 11.9. The number of benzene rings is 1. The summed E-state index contributed by atoms with van der Waals surface area (Å²) in [5.41, 5.74) is 1.87. The van der Waals surface area contributed by atoms with Gasteiger partial charge in [-0.15, -0.1) is 0 Å². The van der Waals surface area contributed by atoms with Crippen LogP contribution in [0.4, 0.5) is 15.3 Å². The second kappa shape index (κ2) is 5.27. The third kappa shape index (κ3) is 2.41. The summed E-state index contributed by atoms with van der Waals surface area (Å²) < 4.78 is 5.25. The summed E-state index contributed by atoms with van der Waals surface area (Å²) in [6.45, 7) is 3.15. The zero-order valence-electron chi connectivity index (χ0n) is 11.9. The van der Waals surface area contributed by atoms with Crippen LogP contribution in [0.25, 0.3) is 0 Å². The molecule has 0 spiro atoms. The van der Waals surface area contributed by atoms with Gasteiger partial charge in [-0.2, -0.15) is 0 Å². The Morgan fingerprint density at radius 2 is 2.14 bits per heavy atom. The van der Waals surface area contributed by atoms with E-state index in [1.54, 1.807) is 4.90 Å². The van der Waals surface area contributed by atoms with Gasteiger partial charge in [0.1, 0.15) is 6.61 Å². The van der Waals surface area contributed by atoms with Gasteiger partial charge in [0.25, 0.3) is 0 Å². The molecule has 1 aromatic rings. The molecule has 6 nitrogen and oxygen atoms in total. The highest BCUT2D eigenvalue weighted by atomic mass is 16.6. The van der Waals surface area contributed by atoms with Crippen LogP contribution in [-0.4, -0.2) is 41.3 Å². The van der Waals surface area contributed by atoms with Gasteiger partial charge in [-0.05, 0) is 18.4 Å². The highest BCUT2D eigenvalue weighted by molar-refractivity contribution is 5.91. The average molecular weight is 290 g/mol. The third-order valence-corrected chi connectivity index (χ3v) is 4.26. The first kappa shape index (κ1) is 13.7. The molecule has 0 saturated carbocycles. The van der Waals surface area contributed by atoms with Crippen LogP contribution >= 0.6 is 0 Å². The normalized spacial score (nSPS) is 25.3. The number of likely N-dealkylation sites (tertiary alicyclic amines) is 1. The first-order valence-corrected chi connectivity index (χ1v) is 7.09. The Kier molecular flexibility index (Phi) is 3.45. The van der Waals surface area contributed by atoms with Crippen molar-refractivity contribution in [2.75, 3.05) is 18.0 Å².